The average Bonchev–Trinajstić information content (AvgIpc) is 2.75. The van der Waals surface area contributed by atoms with Gasteiger partial charge in [-0.3, -0.25) is 9.59 Å². The summed E-state index contributed by atoms with van der Waals surface area (Å²) < 4.78 is 0.940. The molecule has 1 unspecified atom stereocenters. The van der Waals surface area contributed by atoms with Crippen LogP contribution in [0.1, 0.15) is 48.6 Å². The van der Waals surface area contributed by atoms with Crippen molar-refractivity contribution in [3.05, 3.63) is 105 Å². The van der Waals surface area contributed by atoms with Gasteiger partial charge in [0.2, 0.25) is 11.8 Å². The lowest BCUT2D eigenvalue weighted by molar-refractivity contribution is -0.141. The lowest BCUT2D eigenvalue weighted by Crippen LogP contribution is -2.54. The summed E-state index contributed by atoms with van der Waals surface area (Å²) in [6, 6.07) is 23.3. The summed E-state index contributed by atoms with van der Waals surface area (Å²) in [6.45, 7) is 10.3. The van der Waals surface area contributed by atoms with E-state index in [0.717, 1.165) is 32.3 Å². The van der Waals surface area contributed by atoms with E-state index in [0.29, 0.717) is 13.0 Å². The minimum atomic E-state index is -0.644. The maximum Gasteiger partial charge on any atom is 0.243 e. The minimum absolute atomic E-state index is 0.0695. The van der Waals surface area contributed by atoms with Crippen molar-refractivity contribution in [2.24, 2.45) is 0 Å². The standard InChI is InChI=1S/C30H35BrN2O2/c1-21-14-22(2)16-25(15-21)19-28(34)33(20-24-12-9-13-26(31)17-24)27(29(35)32-30(3,4)5)18-23-10-7-6-8-11-23/h6-17,27H,18-20H2,1-5H3,(H,32,35). The van der Waals surface area contributed by atoms with Gasteiger partial charge in [0.15, 0.2) is 0 Å². The summed E-state index contributed by atoms with van der Waals surface area (Å²) in [5, 5.41) is 3.11. The van der Waals surface area contributed by atoms with Crippen LogP contribution in [0.4, 0.5) is 0 Å². The minimum Gasteiger partial charge on any atom is -0.350 e. The number of carbonyl (C=O) groups is 2. The molecule has 1 atom stereocenters. The molecule has 0 aliphatic heterocycles. The van der Waals surface area contributed by atoms with Crippen molar-refractivity contribution in [2.45, 2.75) is 65.6 Å². The first kappa shape index (κ1) is 26.7. The number of hydrogen-bond donors (Lipinski definition) is 1. The van der Waals surface area contributed by atoms with Crippen LogP contribution in [0, 0.1) is 13.8 Å². The molecule has 0 aliphatic rings. The molecule has 0 radical (unpaired) electrons. The fourth-order valence-electron chi connectivity index (χ4n) is 4.29. The Morgan fingerprint density at radius 3 is 2.09 bits per heavy atom. The zero-order valence-electron chi connectivity index (χ0n) is 21.3. The maximum absolute atomic E-state index is 13.9. The van der Waals surface area contributed by atoms with Crippen molar-refractivity contribution >= 4 is 27.7 Å². The van der Waals surface area contributed by atoms with Gasteiger partial charge in [-0.1, -0.05) is 87.7 Å². The summed E-state index contributed by atoms with van der Waals surface area (Å²) in [4.78, 5) is 29.2. The third kappa shape index (κ3) is 8.36. The number of rotatable bonds is 8. The topological polar surface area (TPSA) is 49.4 Å². The van der Waals surface area contributed by atoms with Crippen molar-refractivity contribution in [3.63, 3.8) is 0 Å². The van der Waals surface area contributed by atoms with Crippen LogP contribution in [0.5, 0.6) is 0 Å². The van der Waals surface area contributed by atoms with Crippen LogP contribution in [0.15, 0.2) is 77.3 Å². The monoisotopic (exact) mass is 534 g/mol. The van der Waals surface area contributed by atoms with E-state index in [1.165, 1.54) is 0 Å². The summed E-state index contributed by atoms with van der Waals surface area (Å²) in [7, 11) is 0. The molecular formula is C30H35BrN2O2. The molecule has 0 aliphatic carbocycles. The SMILES string of the molecule is Cc1cc(C)cc(CC(=O)N(Cc2cccc(Br)c2)C(Cc2ccccc2)C(=O)NC(C)(C)C)c1. The molecule has 0 bridgehead atoms. The van der Waals surface area contributed by atoms with Crippen molar-refractivity contribution in [1.82, 2.24) is 10.2 Å². The zero-order chi connectivity index (χ0) is 25.6. The summed E-state index contributed by atoms with van der Waals surface area (Å²) in [5.74, 6) is -0.218. The van der Waals surface area contributed by atoms with Gasteiger partial charge in [0.1, 0.15) is 6.04 Å². The Bertz CT molecular complexity index is 1150. The van der Waals surface area contributed by atoms with E-state index in [4.69, 9.17) is 0 Å². The zero-order valence-corrected chi connectivity index (χ0v) is 22.9. The van der Waals surface area contributed by atoms with E-state index in [2.05, 4.69) is 27.3 Å². The van der Waals surface area contributed by atoms with Gasteiger partial charge in [0, 0.05) is 23.0 Å². The Labute approximate surface area is 217 Å². The van der Waals surface area contributed by atoms with Crippen LogP contribution in [0.25, 0.3) is 0 Å². The van der Waals surface area contributed by atoms with E-state index in [-0.39, 0.29) is 18.2 Å². The van der Waals surface area contributed by atoms with E-state index in [9.17, 15) is 9.59 Å². The number of carbonyl (C=O) groups excluding carboxylic acids is 2. The van der Waals surface area contributed by atoms with Crippen LogP contribution in [0.3, 0.4) is 0 Å². The van der Waals surface area contributed by atoms with Gasteiger partial charge in [-0.05, 0) is 63.4 Å². The molecule has 0 saturated carbocycles. The highest BCUT2D eigenvalue weighted by Crippen LogP contribution is 2.20. The fraction of sp³-hybridized carbons (Fsp3) is 0.333. The fourth-order valence-corrected chi connectivity index (χ4v) is 4.73. The normalized spacial score (nSPS) is 12.2. The van der Waals surface area contributed by atoms with Gasteiger partial charge in [-0.25, -0.2) is 0 Å². The lowest BCUT2D eigenvalue weighted by Gasteiger charge is -2.34. The lowest BCUT2D eigenvalue weighted by atomic mass is 9.99. The molecule has 3 rings (SSSR count). The summed E-state index contributed by atoms with van der Waals surface area (Å²) in [6.07, 6.45) is 0.681. The van der Waals surface area contributed by atoms with Crippen LogP contribution in [0.2, 0.25) is 0 Å². The van der Waals surface area contributed by atoms with Crippen LogP contribution < -0.4 is 5.32 Å². The molecule has 0 fully saturated rings. The van der Waals surface area contributed by atoms with Crippen molar-refractivity contribution < 1.29 is 9.59 Å². The number of nitrogens with zero attached hydrogens (tertiary/aromatic N) is 1. The number of aryl methyl sites for hydroxylation is 2. The first-order chi connectivity index (χ1) is 16.5. The molecule has 3 aromatic carbocycles. The molecule has 0 spiro atoms. The molecule has 0 heterocycles. The predicted octanol–water partition coefficient (Wildman–Crippen LogP) is 6.16. The van der Waals surface area contributed by atoms with E-state index >= 15 is 0 Å². The second kappa shape index (κ2) is 11.7. The third-order valence-electron chi connectivity index (χ3n) is 5.65. The van der Waals surface area contributed by atoms with Gasteiger partial charge in [0.25, 0.3) is 0 Å². The van der Waals surface area contributed by atoms with E-state index in [1.54, 1.807) is 4.90 Å². The molecule has 0 aromatic heterocycles. The largest absolute Gasteiger partial charge is 0.350 e. The number of nitrogens with one attached hydrogen (secondary N) is 1. The first-order valence-corrected chi connectivity index (χ1v) is 12.8. The van der Waals surface area contributed by atoms with Gasteiger partial charge >= 0.3 is 0 Å². The number of halogens is 1. The average molecular weight is 536 g/mol. The van der Waals surface area contributed by atoms with Gasteiger partial charge in [0.05, 0.1) is 6.42 Å². The van der Waals surface area contributed by atoms with Crippen molar-refractivity contribution in [2.75, 3.05) is 0 Å². The third-order valence-corrected chi connectivity index (χ3v) is 6.14. The van der Waals surface area contributed by atoms with E-state index in [1.807, 2.05) is 101 Å². The molecule has 4 nitrogen and oxygen atoms in total. The second-order valence-electron chi connectivity index (χ2n) is 10.3. The summed E-state index contributed by atoms with van der Waals surface area (Å²) >= 11 is 3.54. The van der Waals surface area contributed by atoms with E-state index < -0.39 is 11.6 Å². The van der Waals surface area contributed by atoms with Gasteiger partial charge < -0.3 is 10.2 Å². The Kier molecular flexibility index (Phi) is 8.90. The number of benzene rings is 3. The second-order valence-corrected chi connectivity index (χ2v) is 11.2. The predicted molar refractivity (Wildman–Crippen MR) is 146 cm³/mol. The Morgan fingerprint density at radius 2 is 1.49 bits per heavy atom. The quantitative estimate of drug-likeness (QED) is 0.376. The Hall–Kier alpha value is -2.92. The molecule has 0 saturated heterocycles. The molecular weight excluding hydrogens is 500 g/mol. The highest BCUT2D eigenvalue weighted by atomic mass is 79.9. The highest BCUT2D eigenvalue weighted by Gasteiger charge is 2.32. The highest BCUT2D eigenvalue weighted by molar-refractivity contribution is 9.10. The summed E-state index contributed by atoms with van der Waals surface area (Å²) in [5.41, 5.74) is 4.77. The smallest absolute Gasteiger partial charge is 0.243 e. The number of hydrogen-bond acceptors (Lipinski definition) is 2. The first-order valence-electron chi connectivity index (χ1n) is 12.0. The van der Waals surface area contributed by atoms with Gasteiger partial charge in [-0.2, -0.15) is 0 Å². The molecule has 1 N–H and O–H groups in total. The molecule has 184 valence electrons. The molecule has 5 heteroatoms. The molecule has 35 heavy (non-hydrogen) atoms. The Balaban J connectivity index is 2.01. The van der Waals surface area contributed by atoms with Crippen molar-refractivity contribution in [1.29, 1.82) is 0 Å². The molecule has 3 aromatic rings. The molecule has 2 amide bonds. The van der Waals surface area contributed by atoms with Crippen LogP contribution in [-0.4, -0.2) is 28.3 Å². The maximum atomic E-state index is 13.9. The Morgan fingerprint density at radius 1 is 0.857 bits per heavy atom. The van der Waals surface area contributed by atoms with Crippen LogP contribution in [-0.2, 0) is 29.0 Å². The van der Waals surface area contributed by atoms with Gasteiger partial charge in [-0.15, -0.1) is 0 Å². The van der Waals surface area contributed by atoms with Crippen molar-refractivity contribution in [3.8, 4) is 0 Å². The van der Waals surface area contributed by atoms with Crippen LogP contribution >= 0.6 is 15.9 Å². The number of amides is 2.